The summed E-state index contributed by atoms with van der Waals surface area (Å²) in [5.41, 5.74) is 6.07. The molecule has 4 aromatic carbocycles. The fraction of sp³-hybridized carbons (Fsp3) is 0.207. The third-order valence-corrected chi connectivity index (χ3v) is 7.23. The van der Waals surface area contributed by atoms with Gasteiger partial charge in [0, 0.05) is 22.8 Å². The van der Waals surface area contributed by atoms with Gasteiger partial charge in [-0.3, -0.25) is 0 Å². The summed E-state index contributed by atoms with van der Waals surface area (Å²) in [6.07, 6.45) is 0.917. The molecule has 7 rings (SSSR count). The Balaban J connectivity index is 0.00000229. The molecule has 0 saturated heterocycles. The lowest BCUT2D eigenvalue weighted by Gasteiger charge is -2.21. The van der Waals surface area contributed by atoms with E-state index in [1.54, 1.807) is 14.2 Å². The Hall–Kier alpha value is -3.51. The first-order valence-electron chi connectivity index (χ1n) is 11.5. The van der Waals surface area contributed by atoms with Gasteiger partial charge < -0.3 is 35.9 Å². The van der Waals surface area contributed by atoms with Gasteiger partial charge in [0.05, 0.1) is 25.0 Å². The van der Waals surface area contributed by atoms with E-state index in [2.05, 4.69) is 60.0 Å². The number of hydrogen-bond acceptors (Lipinski definition) is 4. The van der Waals surface area contributed by atoms with E-state index in [4.69, 9.17) is 18.9 Å². The number of benzene rings is 4. The molecule has 0 spiro atoms. The van der Waals surface area contributed by atoms with E-state index in [-0.39, 0.29) is 23.8 Å². The predicted molar refractivity (Wildman–Crippen MR) is 132 cm³/mol. The van der Waals surface area contributed by atoms with Crippen LogP contribution in [0.3, 0.4) is 0 Å². The standard InChI is InChI=1S/C29H24NO4.BrH/c1-16-4-6-17(7-5-16)26-25-19(10-11-22(31-2)29(25)32-3)20-8-9-21-24-18(12-13-30(26)27(20)24)14-23-28(21)34-15-33-23;/h4-11,14H,12-13,15H2,1-3H3;1H/q+1;/p-1. The van der Waals surface area contributed by atoms with Crippen LogP contribution in [-0.2, 0) is 13.0 Å². The number of methoxy groups -OCH3 is 2. The number of halogens is 1. The smallest absolute Gasteiger partial charge is 0.231 e. The zero-order valence-electron chi connectivity index (χ0n) is 19.8. The van der Waals surface area contributed by atoms with E-state index >= 15 is 0 Å². The molecule has 0 radical (unpaired) electrons. The Bertz CT molecular complexity index is 1660. The van der Waals surface area contributed by atoms with Crippen LogP contribution in [0.25, 0.3) is 43.7 Å². The number of aryl methyl sites for hydroxylation is 3. The Kier molecular flexibility index (Phi) is 5.04. The van der Waals surface area contributed by atoms with Gasteiger partial charge in [-0.05, 0) is 55.0 Å². The van der Waals surface area contributed by atoms with Crippen molar-refractivity contribution in [1.82, 2.24) is 0 Å². The predicted octanol–water partition coefficient (Wildman–Crippen LogP) is 2.72. The highest BCUT2D eigenvalue weighted by Crippen LogP contribution is 2.48. The van der Waals surface area contributed by atoms with Gasteiger partial charge in [-0.2, -0.15) is 4.57 Å². The molecule has 5 nitrogen and oxygen atoms in total. The summed E-state index contributed by atoms with van der Waals surface area (Å²) in [6.45, 7) is 3.25. The molecule has 0 amide bonds. The lowest BCUT2D eigenvalue weighted by atomic mass is 9.90. The lowest BCUT2D eigenvalue weighted by Crippen LogP contribution is -3.00. The van der Waals surface area contributed by atoms with Crippen molar-refractivity contribution in [3.05, 3.63) is 65.7 Å². The second-order valence-corrected chi connectivity index (χ2v) is 8.99. The molecular formula is C29H24BrNO4. The Morgan fingerprint density at radius 1 is 0.829 bits per heavy atom. The van der Waals surface area contributed by atoms with Gasteiger partial charge in [-0.25, -0.2) is 0 Å². The van der Waals surface area contributed by atoms with Crippen molar-refractivity contribution in [3.8, 4) is 34.3 Å². The molecule has 0 saturated carbocycles. The van der Waals surface area contributed by atoms with Crippen LogP contribution in [0, 0.1) is 6.92 Å². The van der Waals surface area contributed by atoms with Crippen LogP contribution in [0.4, 0.5) is 0 Å². The quantitative estimate of drug-likeness (QED) is 0.266. The molecule has 6 heteroatoms. The zero-order chi connectivity index (χ0) is 23.0. The molecule has 1 aromatic heterocycles. The molecule has 0 unspecified atom stereocenters. The van der Waals surface area contributed by atoms with Crippen molar-refractivity contribution in [2.24, 2.45) is 0 Å². The second-order valence-electron chi connectivity index (χ2n) is 8.99. The van der Waals surface area contributed by atoms with Crippen LogP contribution >= 0.6 is 0 Å². The fourth-order valence-corrected chi connectivity index (χ4v) is 5.74. The Morgan fingerprint density at radius 2 is 1.60 bits per heavy atom. The number of aromatic nitrogens is 1. The van der Waals surface area contributed by atoms with Crippen LogP contribution in [0.2, 0.25) is 0 Å². The first kappa shape index (κ1) is 22.0. The van der Waals surface area contributed by atoms with Gasteiger partial charge >= 0.3 is 0 Å². The summed E-state index contributed by atoms with van der Waals surface area (Å²) in [5, 5.41) is 5.77. The Labute approximate surface area is 213 Å². The van der Waals surface area contributed by atoms with Gasteiger partial charge in [0.25, 0.3) is 0 Å². The summed E-state index contributed by atoms with van der Waals surface area (Å²) >= 11 is 0. The SMILES string of the molecule is COc1ccc2c(c1OC)c(-c1ccc(C)cc1)[n+]1c3c2ccc2c4c(cc(c23)CC1)OCO4.[Br-]. The minimum absolute atomic E-state index is 0. The van der Waals surface area contributed by atoms with Crippen LogP contribution < -0.4 is 40.5 Å². The van der Waals surface area contributed by atoms with Crippen LogP contribution in [0.5, 0.6) is 23.0 Å². The molecule has 0 atom stereocenters. The summed E-state index contributed by atoms with van der Waals surface area (Å²) in [5.74, 6) is 3.19. The number of pyridine rings is 1. The summed E-state index contributed by atoms with van der Waals surface area (Å²) < 4.78 is 25.8. The maximum atomic E-state index is 5.97. The molecular weight excluding hydrogens is 506 g/mol. The van der Waals surface area contributed by atoms with Crippen molar-refractivity contribution in [1.29, 1.82) is 0 Å². The highest BCUT2D eigenvalue weighted by Gasteiger charge is 2.33. The molecule has 2 aliphatic rings. The average Bonchev–Trinajstić information content (AvgIpc) is 3.35. The molecule has 3 heterocycles. The highest BCUT2D eigenvalue weighted by molar-refractivity contribution is 6.19. The van der Waals surface area contributed by atoms with E-state index in [0.717, 1.165) is 63.4 Å². The van der Waals surface area contributed by atoms with Gasteiger partial charge in [-0.15, -0.1) is 0 Å². The fourth-order valence-electron chi connectivity index (χ4n) is 5.74. The van der Waals surface area contributed by atoms with Crippen molar-refractivity contribution in [2.75, 3.05) is 21.0 Å². The van der Waals surface area contributed by atoms with Crippen LogP contribution in [0.15, 0.2) is 54.6 Å². The summed E-state index contributed by atoms with van der Waals surface area (Å²) in [4.78, 5) is 0. The molecule has 176 valence electrons. The molecule has 5 aromatic rings. The normalized spacial score (nSPS) is 13.5. The second kappa shape index (κ2) is 8.02. The van der Waals surface area contributed by atoms with E-state index in [9.17, 15) is 0 Å². The maximum Gasteiger partial charge on any atom is 0.231 e. The van der Waals surface area contributed by atoms with E-state index in [1.807, 2.05) is 6.07 Å². The molecule has 0 aliphatic carbocycles. The van der Waals surface area contributed by atoms with Crippen molar-refractivity contribution in [2.45, 2.75) is 19.9 Å². The van der Waals surface area contributed by atoms with Gasteiger partial charge in [0.1, 0.15) is 5.39 Å². The monoisotopic (exact) mass is 529 g/mol. The molecule has 35 heavy (non-hydrogen) atoms. The molecule has 0 fully saturated rings. The summed E-state index contributed by atoms with van der Waals surface area (Å²) in [7, 11) is 3.41. The molecule has 0 N–H and O–H groups in total. The highest BCUT2D eigenvalue weighted by atomic mass is 79.9. The Morgan fingerprint density at radius 3 is 2.37 bits per heavy atom. The average molecular weight is 530 g/mol. The minimum Gasteiger partial charge on any atom is -1.00 e. The maximum absolute atomic E-state index is 5.97. The third kappa shape index (κ3) is 2.96. The number of hydrogen-bond donors (Lipinski definition) is 0. The van der Waals surface area contributed by atoms with E-state index in [1.165, 1.54) is 27.4 Å². The van der Waals surface area contributed by atoms with E-state index in [0.29, 0.717) is 0 Å². The number of ether oxygens (including phenoxy) is 4. The largest absolute Gasteiger partial charge is 1.00 e. The van der Waals surface area contributed by atoms with Gasteiger partial charge in [0.15, 0.2) is 29.5 Å². The topological polar surface area (TPSA) is 40.8 Å². The minimum atomic E-state index is 0. The molecule has 0 bridgehead atoms. The number of fused-ring (bicyclic) bond motifs is 4. The number of rotatable bonds is 3. The van der Waals surface area contributed by atoms with Crippen molar-refractivity contribution < 1.29 is 40.5 Å². The van der Waals surface area contributed by atoms with Gasteiger partial charge in [-0.1, -0.05) is 17.7 Å². The first-order valence-corrected chi connectivity index (χ1v) is 11.5. The number of nitrogens with zero attached hydrogens (tertiary/aromatic N) is 1. The molecule has 2 aliphatic heterocycles. The van der Waals surface area contributed by atoms with Crippen LogP contribution in [-0.4, -0.2) is 21.0 Å². The van der Waals surface area contributed by atoms with Crippen molar-refractivity contribution >= 4 is 32.4 Å². The first-order chi connectivity index (χ1) is 16.7. The van der Waals surface area contributed by atoms with Crippen LogP contribution in [0.1, 0.15) is 11.1 Å². The third-order valence-electron chi connectivity index (χ3n) is 7.23. The summed E-state index contributed by atoms with van der Waals surface area (Å²) in [6, 6.07) is 19.4. The van der Waals surface area contributed by atoms with Gasteiger partial charge in [0.2, 0.25) is 18.0 Å². The van der Waals surface area contributed by atoms with Crippen molar-refractivity contribution in [3.63, 3.8) is 0 Å². The zero-order valence-corrected chi connectivity index (χ0v) is 21.4. The van der Waals surface area contributed by atoms with E-state index < -0.39 is 0 Å². The lowest BCUT2D eigenvalue weighted by molar-refractivity contribution is -0.659.